The lowest BCUT2D eigenvalue weighted by atomic mass is 9.87. The van der Waals surface area contributed by atoms with Gasteiger partial charge in [-0.1, -0.05) is 18.2 Å². The van der Waals surface area contributed by atoms with Gasteiger partial charge < -0.3 is 15.1 Å². The van der Waals surface area contributed by atoms with Crippen LogP contribution in [0.3, 0.4) is 0 Å². The van der Waals surface area contributed by atoms with E-state index in [1.807, 2.05) is 24.3 Å². The third kappa shape index (κ3) is 3.13. The van der Waals surface area contributed by atoms with Crippen molar-refractivity contribution in [2.75, 3.05) is 17.7 Å². The molecule has 26 heavy (non-hydrogen) atoms. The molecule has 0 aliphatic carbocycles. The second-order valence-electron chi connectivity index (χ2n) is 6.52. The van der Waals surface area contributed by atoms with Gasteiger partial charge in [0, 0.05) is 17.1 Å². The molecule has 0 amide bonds. The van der Waals surface area contributed by atoms with E-state index in [1.54, 1.807) is 30.0 Å². The molecule has 1 unspecified atom stereocenters. The van der Waals surface area contributed by atoms with Crippen LogP contribution >= 0.6 is 11.8 Å². The molecule has 0 radical (unpaired) electrons. The number of fused-ring (bicyclic) bond motifs is 1. The lowest BCUT2D eigenvalue weighted by Gasteiger charge is -2.39. The zero-order valence-electron chi connectivity index (χ0n) is 14.6. The molecule has 1 aliphatic heterocycles. The maximum absolute atomic E-state index is 9.88. The minimum Gasteiger partial charge on any atom is -0.508 e. The summed E-state index contributed by atoms with van der Waals surface area (Å²) in [6.07, 6.45) is 2.96. The van der Waals surface area contributed by atoms with Gasteiger partial charge in [-0.25, -0.2) is 0 Å². The molecule has 0 saturated heterocycles. The van der Waals surface area contributed by atoms with E-state index in [9.17, 15) is 10.2 Å². The molecule has 0 fully saturated rings. The average molecular weight is 363 g/mol. The molecule has 0 aromatic heterocycles. The number of phenolic OH excluding ortho intramolecular Hbond substituents is 2. The number of phenols is 2. The number of anilines is 1. The maximum atomic E-state index is 9.88. The van der Waals surface area contributed by atoms with E-state index in [-0.39, 0.29) is 11.8 Å². The lowest BCUT2D eigenvalue weighted by Crippen LogP contribution is -2.36. The number of thioether (sulfide) groups is 1. The fourth-order valence-corrected chi connectivity index (χ4v) is 4.09. The highest BCUT2D eigenvalue weighted by molar-refractivity contribution is 7.98. The van der Waals surface area contributed by atoms with Crippen LogP contribution in [-0.4, -0.2) is 23.0 Å². The first-order chi connectivity index (χ1) is 12.7. The summed E-state index contributed by atoms with van der Waals surface area (Å²) < 4.78 is 0. The van der Waals surface area contributed by atoms with Crippen molar-refractivity contribution < 1.29 is 10.2 Å². The Morgan fingerprint density at radius 1 is 0.885 bits per heavy atom. The van der Waals surface area contributed by atoms with Crippen LogP contribution in [0, 0.1) is 0 Å². The lowest BCUT2D eigenvalue weighted by molar-refractivity contribution is 0.472. The van der Waals surface area contributed by atoms with Gasteiger partial charge in [-0.05, 0) is 77.9 Å². The van der Waals surface area contributed by atoms with Crippen LogP contribution in [0.15, 0.2) is 71.6 Å². The molecule has 4 rings (SSSR count). The molecule has 2 N–H and O–H groups in total. The number of benzene rings is 3. The van der Waals surface area contributed by atoms with E-state index < -0.39 is 0 Å². The minimum atomic E-state index is 0.0831. The molecular weight excluding hydrogens is 342 g/mol. The van der Waals surface area contributed by atoms with E-state index in [0.29, 0.717) is 5.75 Å². The highest BCUT2D eigenvalue weighted by Crippen LogP contribution is 2.40. The van der Waals surface area contributed by atoms with Crippen LogP contribution in [0.4, 0.5) is 5.69 Å². The first-order valence-corrected chi connectivity index (χ1v) is 9.89. The van der Waals surface area contributed by atoms with Crippen LogP contribution in [0.2, 0.25) is 0 Å². The third-order valence-corrected chi connectivity index (χ3v) is 5.71. The van der Waals surface area contributed by atoms with Crippen LogP contribution in [-0.2, 0) is 6.42 Å². The standard InChI is InChI=1S/C22H21NO2S/c1-26-20-9-2-15(3-10-20)22-21-11-8-19(25)14-16(21)12-13-23(22)17-4-6-18(24)7-5-17/h2-11,14,22,24-25H,12-13H2,1H3. The van der Waals surface area contributed by atoms with Gasteiger partial charge >= 0.3 is 0 Å². The molecule has 3 aromatic carbocycles. The minimum absolute atomic E-state index is 0.0831. The zero-order valence-corrected chi connectivity index (χ0v) is 15.4. The Morgan fingerprint density at radius 3 is 2.27 bits per heavy atom. The number of hydrogen-bond acceptors (Lipinski definition) is 4. The third-order valence-electron chi connectivity index (χ3n) is 4.97. The Labute approximate surface area is 157 Å². The van der Waals surface area contributed by atoms with Crippen LogP contribution in [0.1, 0.15) is 22.7 Å². The van der Waals surface area contributed by atoms with Crippen LogP contribution in [0.25, 0.3) is 0 Å². The van der Waals surface area contributed by atoms with E-state index in [1.165, 1.54) is 21.6 Å². The Morgan fingerprint density at radius 2 is 1.58 bits per heavy atom. The van der Waals surface area contributed by atoms with Crippen molar-refractivity contribution in [2.24, 2.45) is 0 Å². The number of hydrogen-bond donors (Lipinski definition) is 2. The first-order valence-electron chi connectivity index (χ1n) is 8.67. The average Bonchev–Trinajstić information content (AvgIpc) is 2.68. The fraction of sp³-hybridized carbons (Fsp3) is 0.182. The Bertz CT molecular complexity index is 906. The number of aromatic hydroxyl groups is 2. The van der Waals surface area contributed by atoms with E-state index in [4.69, 9.17) is 0 Å². The second-order valence-corrected chi connectivity index (χ2v) is 7.40. The molecule has 0 bridgehead atoms. The van der Waals surface area contributed by atoms with E-state index in [0.717, 1.165) is 18.7 Å². The fourth-order valence-electron chi connectivity index (χ4n) is 3.68. The predicted molar refractivity (Wildman–Crippen MR) is 107 cm³/mol. The SMILES string of the molecule is CSc1ccc(C2c3ccc(O)cc3CCN2c2ccc(O)cc2)cc1. The quantitative estimate of drug-likeness (QED) is 0.645. The van der Waals surface area contributed by atoms with Gasteiger partial charge in [-0.15, -0.1) is 11.8 Å². The summed E-state index contributed by atoms with van der Waals surface area (Å²) in [5, 5.41) is 19.5. The highest BCUT2D eigenvalue weighted by Gasteiger charge is 2.29. The maximum Gasteiger partial charge on any atom is 0.115 e. The Balaban J connectivity index is 1.82. The normalized spacial score (nSPS) is 16.3. The molecule has 1 aliphatic rings. The van der Waals surface area contributed by atoms with Gasteiger partial charge in [-0.3, -0.25) is 0 Å². The van der Waals surface area contributed by atoms with Crippen molar-refractivity contribution in [1.82, 2.24) is 0 Å². The second kappa shape index (κ2) is 6.96. The molecular formula is C22H21NO2S. The van der Waals surface area contributed by atoms with Crippen molar-refractivity contribution in [2.45, 2.75) is 17.4 Å². The smallest absolute Gasteiger partial charge is 0.115 e. The van der Waals surface area contributed by atoms with Crippen molar-refractivity contribution in [3.05, 3.63) is 83.4 Å². The van der Waals surface area contributed by atoms with Crippen molar-refractivity contribution in [3.8, 4) is 11.5 Å². The molecule has 1 atom stereocenters. The molecule has 132 valence electrons. The van der Waals surface area contributed by atoms with Gasteiger partial charge in [0.2, 0.25) is 0 Å². The van der Waals surface area contributed by atoms with E-state index >= 15 is 0 Å². The van der Waals surface area contributed by atoms with Crippen molar-refractivity contribution in [3.63, 3.8) is 0 Å². The summed E-state index contributed by atoms with van der Waals surface area (Å²) in [4.78, 5) is 3.61. The van der Waals surface area contributed by atoms with Crippen LogP contribution in [0.5, 0.6) is 11.5 Å². The monoisotopic (exact) mass is 363 g/mol. The summed E-state index contributed by atoms with van der Waals surface area (Å²) in [5.74, 6) is 0.593. The largest absolute Gasteiger partial charge is 0.508 e. The first kappa shape index (κ1) is 16.9. The van der Waals surface area contributed by atoms with Gasteiger partial charge in [0.25, 0.3) is 0 Å². The summed E-state index contributed by atoms with van der Waals surface area (Å²) in [6, 6.07) is 21.8. The van der Waals surface area contributed by atoms with Gasteiger partial charge in [0.05, 0.1) is 6.04 Å². The highest BCUT2D eigenvalue weighted by atomic mass is 32.2. The van der Waals surface area contributed by atoms with Crippen molar-refractivity contribution >= 4 is 17.4 Å². The Hall–Kier alpha value is -2.59. The predicted octanol–water partition coefficient (Wildman–Crippen LogP) is 4.97. The molecule has 0 saturated carbocycles. The Kier molecular flexibility index (Phi) is 4.51. The topological polar surface area (TPSA) is 43.7 Å². The summed E-state index contributed by atoms with van der Waals surface area (Å²) in [6.45, 7) is 0.857. The van der Waals surface area contributed by atoms with Gasteiger partial charge in [-0.2, -0.15) is 0 Å². The summed E-state index contributed by atoms with van der Waals surface area (Å²) >= 11 is 1.74. The van der Waals surface area contributed by atoms with Crippen molar-refractivity contribution in [1.29, 1.82) is 0 Å². The van der Waals surface area contributed by atoms with Gasteiger partial charge in [0.15, 0.2) is 0 Å². The van der Waals surface area contributed by atoms with Gasteiger partial charge in [0.1, 0.15) is 11.5 Å². The summed E-state index contributed by atoms with van der Waals surface area (Å²) in [5.41, 5.74) is 4.72. The number of nitrogens with zero attached hydrogens (tertiary/aromatic N) is 1. The zero-order chi connectivity index (χ0) is 18.1. The molecule has 0 spiro atoms. The molecule has 4 heteroatoms. The number of rotatable bonds is 3. The van der Waals surface area contributed by atoms with E-state index in [2.05, 4.69) is 35.4 Å². The molecule has 3 aromatic rings. The summed E-state index contributed by atoms with van der Waals surface area (Å²) in [7, 11) is 0. The molecule has 1 heterocycles. The molecule has 3 nitrogen and oxygen atoms in total. The van der Waals surface area contributed by atoms with Crippen LogP contribution < -0.4 is 4.90 Å².